The summed E-state index contributed by atoms with van der Waals surface area (Å²) in [5.74, 6) is -2.18. The number of ether oxygens (including phenoxy) is 2. The Morgan fingerprint density at radius 3 is 2.67 bits per heavy atom. The molecule has 0 saturated heterocycles. The molecule has 182 valence electrons. The van der Waals surface area contributed by atoms with Crippen molar-refractivity contribution < 1.29 is 27.5 Å². The molecule has 1 saturated carbocycles. The highest BCUT2D eigenvalue weighted by Gasteiger charge is 2.23. The van der Waals surface area contributed by atoms with Crippen LogP contribution in [0.2, 0.25) is 0 Å². The van der Waals surface area contributed by atoms with Gasteiger partial charge in [-0.25, -0.2) is 8.42 Å². The van der Waals surface area contributed by atoms with Gasteiger partial charge in [-0.05, 0) is 38.0 Å². The highest BCUT2D eigenvalue weighted by Crippen LogP contribution is 2.23. The quantitative estimate of drug-likeness (QED) is 0.537. The third-order valence-electron chi connectivity index (χ3n) is 5.37. The van der Waals surface area contributed by atoms with Crippen molar-refractivity contribution in [2.75, 3.05) is 31.8 Å². The van der Waals surface area contributed by atoms with Crippen LogP contribution < -0.4 is 14.9 Å². The maximum absolute atomic E-state index is 12.5. The highest BCUT2D eigenvalue weighted by atomic mass is 32.2. The van der Waals surface area contributed by atoms with Crippen LogP contribution >= 0.6 is 11.3 Å². The Kier molecular flexibility index (Phi) is 9.04. The van der Waals surface area contributed by atoms with E-state index in [-0.39, 0.29) is 6.04 Å². The Labute approximate surface area is 197 Å². The van der Waals surface area contributed by atoms with Crippen molar-refractivity contribution in [3.05, 3.63) is 23.0 Å². The van der Waals surface area contributed by atoms with E-state index < -0.39 is 33.2 Å². The maximum atomic E-state index is 12.5. The normalized spacial score (nSPS) is 15.6. The van der Waals surface area contributed by atoms with E-state index in [4.69, 9.17) is 9.47 Å². The number of sulfone groups is 1. The zero-order valence-corrected chi connectivity index (χ0v) is 20.7. The zero-order valence-electron chi connectivity index (χ0n) is 19.0. The molecule has 0 aliphatic heterocycles. The van der Waals surface area contributed by atoms with E-state index in [2.05, 4.69) is 10.3 Å². The van der Waals surface area contributed by atoms with Gasteiger partial charge in [0, 0.05) is 19.7 Å². The van der Waals surface area contributed by atoms with Crippen molar-refractivity contribution in [1.82, 2.24) is 9.88 Å². The third-order valence-corrected chi connectivity index (χ3v) is 7.80. The van der Waals surface area contributed by atoms with E-state index in [0.717, 1.165) is 42.3 Å². The minimum Gasteiger partial charge on any atom is -0.494 e. The van der Waals surface area contributed by atoms with Crippen LogP contribution in [0.4, 0.5) is 0 Å². The number of aromatic nitrogens is 1. The molecule has 1 aliphatic carbocycles. The fraction of sp³-hybridized carbons (Fsp3) is 0.591. The average molecular weight is 498 g/mol. The molecule has 0 bridgehead atoms. The molecule has 1 aromatic heterocycles. The number of methoxy groups -OCH3 is 1. The summed E-state index contributed by atoms with van der Waals surface area (Å²) < 4.78 is 38.3. The molecule has 2 amide bonds. The van der Waals surface area contributed by atoms with Crippen molar-refractivity contribution in [2.24, 2.45) is 4.99 Å². The van der Waals surface area contributed by atoms with E-state index in [1.807, 2.05) is 29.7 Å². The summed E-state index contributed by atoms with van der Waals surface area (Å²) in [5.41, 5.74) is 0.849. The Bertz CT molecular complexity index is 1150. The zero-order chi connectivity index (χ0) is 23.8. The molecule has 1 N–H and O–H groups in total. The molecular weight excluding hydrogens is 466 g/mol. The molecule has 0 radical (unpaired) electrons. The van der Waals surface area contributed by atoms with Gasteiger partial charge in [-0.1, -0.05) is 30.6 Å². The maximum Gasteiger partial charge on any atom is 0.263 e. The van der Waals surface area contributed by atoms with Gasteiger partial charge in [0.1, 0.15) is 17.3 Å². The molecule has 1 aromatic carbocycles. The SMILES string of the molecule is CCOc1ccc2c(c1)sc(=NC(=O)CS(=O)(=O)CC(=O)NC1CCCCC1)n2CCOC. The Hall–Kier alpha value is -2.24. The lowest BCUT2D eigenvalue weighted by atomic mass is 9.95. The summed E-state index contributed by atoms with van der Waals surface area (Å²) in [6.45, 7) is 3.28. The summed E-state index contributed by atoms with van der Waals surface area (Å²) in [6, 6.07) is 5.59. The summed E-state index contributed by atoms with van der Waals surface area (Å²) in [4.78, 5) is 29.2. The van der Waals surface area contributed by atoms with E-state index in [1.54, 1.807) is 7.11 Å². The molecule has 0 spiro atoms. The molecule has 11 heteroatoms. The van der Waals surface area contributed by atoms with Gasteiger partial charge in [0.15, 0.2) is 14.6 Å². The number of nitrogens with one attached hydrogen (secondary N) is 1. The monoisotopic (exact) mass is 497 g/mol. The molecule has 0 unspecified atom stereocenters. The van der Waals surface area contributed by atoms with Gasteiger partial charge >= 0.3 is 0 Å². The summed E-state index contributed by atoms with van der Waals surface area (Å²) in [6.07, 6.45) is 4.91. The molecule has 3 rings (SSSR count). The van der Waals surface area contributed by atoms with Gasteiger partial charge in [-0.15, -0.1) is 0 Å². The molecular formula is C22H31N3O6S2. The molecule has 2 aromatic rings. The second-order valence-corrected chi connectivity index (χ2v) is 11.1. The predicted octanol–water partition coefficient (Wildman–Crippen LogP) is 2.04. The number of amides is 2. The van der Waals surface area contributed by atoms with Gasteiger partial charge in [-0.2, -0.15) is 4.99 Å². The van der Waals surface area contributed by atoms with E-state index in [0.29, 0.717) is 30.3 Å². The predicted molar refractivity (Wildman–Crippen MR) is 127 cm³/mol. The van der Waals surface area contributed by atoms with Crippen LogP contribution in [-0.4, -0.2) is 62.7 Å². The topological polar surface area (TPSA) is 116 Å². The number of carbonyl (C=O) groups excluding carboxylic acids is 2. The molecule has 0 atom stereocenters. The van der Waals surface area contributed by atoms with Crippen LogP contribution in [0.1, 0.15) is 39.0 Å². The average Bonchev–Trinajstić information content (AvgIpc) is 3.08. The Morgan fingerprint density at radius 1 is 1.21 bits per heavy atom. The van der Waals surface area contributed by atoms with Gasteiger partial charge in [-0.3, -0.25) is 9.59 Å². The molecule has 9 nitrogen and oxygen atoms in total. The number of nitrogens with zero attached hydrogens (tertiary/aromatic N) is 2. The van der Waals surface area contributed by atoms with Crippen LogP contribution in [0.5, 0.6) is 5.75 Å². The van der Waals surface area contributed by atoms with E-state index in [1.165, 1.54) is 11.3 Å². The fourth-order valence-corrected chi connectivity index (χ4v) is 6.02. The Balaban J connectivity index is 1.75. The first-order valence-corrected chi connectivity index (χ1v) is 13.8. The number of hydrogen-bond donors (Lipinski definition) is 1. The third kappa shape index (κ3) is 7.38. The second-order valence-electron chi connectivity index (χ2n) is 8.03. The number of rotatable bonds is 10. The standard InChI is InChI=1S/C22H31N3O6S2/c1-3-31-17-9-10-18-19(13-17)32-22(25(18)11-12-30-2)24-21(27)15-33(28,29)14-20(26)23-16-7-5-4-6-8-16/h9-10,13,16H,3-8,11-12,14-15H2,1-2H3,(H,23,26). The summed E-state index contributed by atoms with van der Waals surface area (Å²) in [7, 11) is -2.35. The van der Waals surface area contributed by atoms with Crippen LogP contribution in [-0.2, 0) is 30.7 Å². The van der Waals surface area contributed by atoms with Crippen LogP contribution in [0.15, 0.2) is 23.2 Å². The minimum absolute atomic E-state index is 0.0155. The largest absolute Gasteiger partial charge is 0.494 e. The number of carbonyl (C=O) groups is 2. The van der Waals surface area contributed by atoms with Crippen molar-refractivity contribution in [3.8, 4) is 5.75 Å². The van der Waals surface area contributed by atoms with Crippen molar-refractivity contribution in [1.29, 1.82) is 0 Å². The smallest absolute Gasteiger partial charge is 0.263 e. The van der Waals surface area contributed by atoms with Crippen LogP contribution in [0.25, 0.3) is 10.2 Å². The van der Waals surface area contributed by atoms with Crippen LogP contribution in [0.3, 0.4) is 0 Å². The van der Waals surface area contributed by atoms with Crippen molar-refractivity contribution >= 4 is 43.2 Å². The van der Waals surface area contributed by atoms with Crippen LogP contribution in [0, 0.1) is 0 Å². The fourth-order valence-electron chi connectivity index (χ4n) is 3.89. The highest BCUT2D eigenvalue weighted by molar-refractivity contribution is 7.92. The van der Waals surface area contributed by atoms with Gasteiger partial charge in [0.05, 0.1) is 23.4 Å². The number of benzene rings is 1. The number of fused-ring (bicyclic) bond motifs is 1. The van der Waals surface area contributed by atoms with E-state index in [9.17, 15) is 18.0 Å². The minimum atomic E-state index is -3.93. The lowest BCUT2D eigenvalue weighted by Crippen LogP contribution is -2.40. The number of hydrogen-bond acceptors (Lipinski definition) is 7. The summed E-state index contributed by atoms with van der Waals surface area (Å²) in [5, 5.41) is 2.78. The molecule has 1 heterocycles. The molecule has 1 fully saturated rings. The Morgan fingerprint density at radius 2 is 1.97 bits per heavy atom. The lowest BCUT2D eigenvalue weighted by Gasteiger charge is -2.22. The number of thiazole rings is 1. The first kappa shape index (κ1) is 25.4. The molecule has 33 heavy (non-hydrogen) atoms. The first-order valence-electron chi connectivity index (χ1n) is 11.1. The second kappa shape index (κ2) is 11.8. The van der Waals surface area contributed by atoms with Crippen molar-refractivity contribution in [2.45, 2.75) is 51.6 Å². The van der Waals surface area contributed by atoms with Crippen molar-refractivity contribution in [3.63, 3.8) is 0 Å². The van der Waals surface area contributed by atoms with E-state index >= 15 is 0 Å². The van der Waals surface area contributed by atoms with Gasteiger partial charge in [0.25, 0.3) is 5.91 Å². The van der Waals surface area contributed by atoms with Gasteiger partial charge < -0.3 is 19.4 Å². The first-order chi connectivity index (χ1) is 15.8. The lowest BCUT2D eigenvalue weighted by molar-refractivity contribution is -0.119. The summed E-state index contributed by atoms with van der Waals surface area (Å²) >= 11 is 1.27. The molecule has 1 aliphatic rings. The van der Waals surface area contributed by atoms with Gasteiger partial charge in [0.2, 0.25) is 5.91 Å².